The maximum atomic E-state index is 6.12. The fourth-order valence-corrected chi connectivity index (χ4v) is 2.66. The Bertz CT molecular complexity index is 390. The van der Waals surface area contributed by atoms with Crippen molar-refractivity contribution in [3.8, 4) is 0 Å². The lowest BCUT2D eigenvalue weighted by atomic mass is 10.1. The summed E-state index contributed by atoms with van der Waals surface area (Å²) in [5.74, 6) is 0.929. The monoisotopic (exact) mass is 325 g/mol. The van der Waals surface area contributed by atoms with Crippen molar-refractivity contribution in [2.75, 3.05) is 13.2 Å². The molecule has 1 aromatic carbocycles. The van der Waals surface area contributed by atoms with Crippen LogP contribution in [0.25, 0.3) is 0 Å². The lowest BCUT2D eigenvalue weighted by molar-refractivity contribution is 0.0469. The number of hydrogen-bond donors (Lipinski definition) is 1. The summed E-state index contributed by atoms with van der Waals surface area (Å²) < 4.78 is 7.25. The average Bonchev–Trinajstić information content (AvgIpc) is 3.18. The van der Waals surface area contributed by atoms with Crippen LogP contribution in [0.4, 0.5) is 0 Å². The van der Waals surface area contributed by atoms with Crippen LogP contribution in [-0.4, -0.2) is 19.2 Å². The van der Waals surface area contributed by atoms with Crippen molar-refractivity contribution in [2.45, 2.75) is 45.3 Å². The summed E-state index contributed by atoms with van der Waals surface area (Å²) in [4.78, 5) is 0. The van der Waals surface area contributed by atoms with Gasteiger partial charge in [-0.1, -0.05) is 60.8 Å². The summed E-state index contributed by atoms with van der Waals surface area (Å²) in [6.07, 6.45) is 4.14. The predicted molar refractivity (Wildman–Crippen MR) is 83.3 cm³/mol. The Kier molecular flexibility index (Phi) is 5.86. The molecule has 0 saturated heterocycles. The van der Waals surface area contributed by atoms with Gasteiger partial charge in [0.15, 0.2) is 0 Å². The van der Waals surface area contributed by atoms with E-state index in [0.717, 1.165) is 23.5 Å². The van der Waals surface area contributed by atoms with Gasteiger partial charge in [0, 0.05) is 23.7 Å². The number of nitrogens with one attached hydrogen (secondary N) is 1. The van der Waals surface area contributed by atoms with Crippen molar-refractivity contribution >= 4 is 15.9 Å². The second-order valence-electron chi connectivity index (χ2n) is 5.68. The van der Waals surface area contributed by atoms with Crippen molar-refractivity contribution in [3.63, 3.8) is 0 Å². The van der Waals surface area contributed by atoms with Crippen molar-refractivity contribution in [1.82, 2.24) is 5.32 Å². The summed E-state index contributed by atoms with van der Waals surface area (Å²) >= 11 is 3.63. The van der Waals surface area contributed by atoms with E-state index in [0.29, 0.717) is 6.04 Å². The Balaban J connectivity index is 1.93. The molecule has 0 heterocycles. The lowest BCUT2D eigenvalue weighted by Gasteiger charge is -2.21. The maximum Gasteiger partial charge on any atom is 0.0960 e. The average molecular weight is 326 g/mol. The molecule has 0 aliphatic heterocycles. The van der Waals surface area contributed by atoms with Crippen molar-refractivity contribution < 1.29 is 4.74 Å². The van der Waals surface area contributed by atoms with E-state index in [4.69, 9.17) is 4.74 Å². The van der Waals surface area contributed by atoms with E-state index >= 15 is 0 Å². The molecule has 1 saturated carbocycles. The number of halogens is 1. The van der Waals surface area contributed by atoms with Crippen LogP contribution in [0.1, 0.15) is 44.8 Å². The molecular formula is C16H24BrNO. The Hall–Kier alpha value is -0.380. The smallest absolute Gasteiger partial charge is 0.0960 e. The van der Waals surface area contributed by atoms with E-state index < -0.39 is 0 Å². The molecular weight excluding hydrogens is 302 g/mol. The molecule has 0 spiro atoms. The number of rotatable bonds is 8. The van der Waals surface area contributed by atoms with Gasteiger partial charge in [0.05, 0.1) is 6.10 Å². The molecule has 1 aliphatic rings. The van der Waals surface area contributed by atoms with Crippen LogP contribution in [0.15, 0.2) is 28.7 Å². The summed E-state index contributed by atoms with van der Waals surface area (Å²) in [7, 11) is 0. The Morgan fingerprint density at radius 3 is 2.68 bits per heavy atom. The maximum absolute atomic E-state index is 6.12. The number of hydrogen-bond acceptors (Lipinski definition) is 2. The Morgan fingerprint density at radius 1 is 1.32 bits per heavy atom. The van der Waals surface area contributed by atoms with Gasteiger partial charge < -0.3 is 10.1 Å². The molecule has 1 atom stereocenters. The molecule has 0 aromatic heterocycles. The first-order valence-corrected chi connectivity index (χ1v) is 8.05. The Morgan fingerprint density at radius 2 is 2.05 bits per heavy atom. The van der Waals surface area contributed by atoms with Crippen LogP contribution >= 0.6 is 15.9 Å². The molecule has 3 heteroatoms. The molecule has 0 amide bonds. The molecule has 106 valence electrons. The molecule has 0 radical (unpaired) electrons. The van der Waals surface area contributed by atoms with Crippen LogP contribution in [0.2, 0.25) is 0 Å². The molecule has 2 nitrogen and oxygen atoms in total. The number of ether oxygens (including phenoxy) is 1. The largest absolute Gasteiger partial charge is 0.372 e. The zero-order chi connectivity index (χ0) is 13.7. The highest BCUT2D eigenvalue weighted by atomic mass is 79.9. The highest BCUT2D eigenvalue weighted by molar-refractivity contribution is 9.10. The first kappa shape index (κ1) is 15.0. The van der Waals surface area contributed by atoms with Crippen molar-refractivity contribution in [2.24, 2.45) is 5.92 Å². The highest BCUT2D eigenvalue weighted by Crippen LogP contribution is 2.33. The summed E-state index contributed by atoms with van der Waals surface area (Å²) in [6, 6.07) is 8.84. The molecule has 1 N–H and O–H groups in total. The zero-order valence-electron chi connectivity index (χ0n) is 11.9. The third-order valence-electron chi connectivity index (χ3n) is 3.51. The third kappa shape index (κ3) is 5.25. The van der Waals surface area contributed by atoms with Gasteiger partial charge in [-0.2, -0.15) is 0 Å². The fraction of sp³-hybridized carbons (Fsp3) is 0.625. The quantitative estimate of drug-likeness (QED) is 0.769. The number of benzene rings is 1. The van der Waals surface area contributed by atoms with Crippen molar-refractivity contribution in [1.29, 1.82) is 0 Å². The molecule has 1 aromatic rings. The summed E-state index contributed by atoms with van der Waals surface area (Å²) in [5, 5.41) is 3.48. The molecule has 1 fully saturated rings. The van der Waals surface area contributed by atoms with Crippen molar-refractivity contribution in [3.05, 3.63) is 34.3 Å². The van der Waals surface area contributed by atoms with Gasteiger partial charge in [-0.25, -0.2) is 0 Å². The second kappa shape index (κ2) is 7.41. The van der Waals surface area contributed by atoms with E-state index in [1.807, 2.05) is 6.07 Å². The SMILES string of the molecule is CC(C)NCC(OCCC1CC1)c1ccccc1Br. The van der Waals surface area contributed by atoms with Crippen LogP contribution < -0.4 is 5.32 Å². The van der Waals surface area contributed by atoms with Gasteiger partial charge >= 0.3 is 0 Å². The summed E-state index contributed by atoms with van der Waals surface area (Å²) in [5.41, 5.74) is 1.24. The predicted octanol–water partition coefficient (Wildman–Crippen LogP) is 4.30. The first-order chi connectivity index (χ1) is 9.16. The third-order valence-corrected chi connectivity index (χ3v) is 4.23. The van der Waals surface area contributed by atoms with E-state index in [9.17, 15) is 0 Å². The zero-order valence-corrected chi connectivity index (χ0v) is 13.4. The van der Waals surface area contributed by atoms with E-state index in [1.54, 1.807) is 0 Å². The molecule has 0 bridgehead atoms. The van der Waals surface area contributed by atoms with Crippen LogP contribution in [0.3, 0.4) is 0 Å². The lowest BCUT2D eigenvalue weighted by Crippen LogP contribution is -2.29. The minimum absolute atomic E-state index is 0.136. The fourth-order valence-electron chi connectivity index (χ4n) is 2.12. The topological polar surface area (TPSA) is 21.3 Å². The van der Waals surface area contributed by atoms with Crippen LogP contribution in [0, 0.1) is 5.92 Å². The first-order valence-electron chi connectivity index (χ1n) is 7.26. The molecule has 1 aliphatic carbocycles. The van der Waals surface area contributed by atoms with E-state index in [1.165, 1.54) is 24.8 Å². The minimum Gasteiger partial charge on any atom is -0.372 e. The van der Waals surface area contributed by atoms with Crippen LogP contribution in [-0.2, 0) is 4.74 Å². The van der Waals surface area contributed by atoms with Gasteiger partial charge in [-0.3, -0.25) is 0 Å². The van der Waals surface area contributed by atoms with Crippen LogP contribution in [0.5, 0.6) is 0 Å². The normalized spacial score (nSPS) is 16.8. The van der Waals surface area contributed by atoms with Gasteiger partial charge in [0.1, 0.15) is 0 Å². The molecule has 19 heavy (non-hydrogen) atoms. The van der Waals surface area contributed by atoms with Gasteiger partial charge in [-0.05, 0) is 24.0 Å². The van der Waals surface area contributed by atoms with E-state index in [2.05, 4.69) is 53.3 Å². The van der Waals surface area contributed by atoms with E-state index in [-0.39, 0.29) is 6.10 Å². The second-order valence-corrected chi connectivity index (χ2v) is 6.53. The molecule has 1 unspecified atom stereocenters. The summed E-state index contributed by atoms with van der Waals surface area (Å²) in [6.45, 7) is 6.07. The van der Waals surface area contributed by atoms with Gasteiger partial charge in [0.25, 0.3) is 0 Å². The Labute approximate surface area is 125 Å². The van der Waals surface area contributed by atoms with Gasteiger partial charge in [-0.15, -0.1) is 0 Å². The minimum atomic E-state index is 0.136. The highest BCUT2D eigenvalue weighted by Gasteiger charge is 2.22. The standard InChI is InChI=1S/C16H24BrNO/c1-12(2)18-11-16(19-10-9-13-7-8-13)14-5-3-4-6-15(14)17/h3-6,12-13,16,18H,7-11H2,1-2H3. The molecule has 2 rings (SSSR count). The van der Waals surface area contributed by atoms with Gasteiger partial charge in [0.2, 0.25) is 0 Å².